The lowest BCUT2D eigenvalue weighted by Gasteiger charge is -2.14. The van der Waals surface area contributed by atoms with Gasteiger partial charge >= 0.3 is 0 Å². The van der Waals surface area contributed by atoms with E-state index in [-0.39, 0.29) is 11.7 Å². The maximum absolute atomic E-state index is 11.8. The highest BCUT2D eigenvalue weighted by Crippen LogP contribution is 2.19. The zero-order chi connectivity index (χ0) is 19.1. The molecule has 4 heteroatoms. The molecule has 0 saturated carbocycles. The smallest absolute Gasteiger partial charge is 0.250 e. The Balaban J connectivity index is 1.55. The molecule has 4 nitrogen and oxygen atoms in total. The summed E-state index contributed by atoms with van der Waals surface area (Å²) in [6.07, 6.45) is 1.98. The molecule has 0 bridgehead atoms. The fourth-order valence-corrected chi connectivity index (χ4v) is 2.91. The standard InChI is InChI=1S/C23H26N2O2/c1-18(2)27-22-8-4-3-7-21(22)16-24-15-19-10-12-20(13-11-19)17-25-14-6-5-9-23(25)26/h3-14,18,24H,15-17H2,1-2H3. The van der Waals surface area contributed by atoms with Crippen LogP contribution in [-0.4, -0.2) is 10.7 Å². The number of nitrogens with zero attached hydrogens (tertiary/aromatic N) is 1. The minimum absolute atomic E-state index is 0.0190. The molecule has 0 amide bonds. The van der Waals surface area contributed by atoms with Crippen molar-refractivity contribution in [2.45, 2.75) is 39.6 Å². The Bertz CT molecular complexity index is 914. The normalized spacial score (nSPS) is 10.9. The number of para-hydroxylation sites is 1. The second-order valence-corrected chi connectivity index (χ2v) is 6.86. The van der Waals surface area contributed by atoms with Gasteiger partial charge in [0.2, 0.25) is 0 Å². The van der Waals surface area contributed by atoms with Crippen molar-refractivity contribution in [3.05, 3.63) is 100.0 Å². The van der Waals surface area contributed by atoms with Gasteiger partial charge in [-0.1, -0.05) is 48.5 Å². The summed E-state index contributed by atoms with van der Waals surface area (Å²) >= 11 is 0. The Hall–Kier alpha value is -2.85. The Morgan fingerprint density at radius 1 is 0.889 bits per heavy atom. The fraction of sp³-hybridized carbons (Fsp3) is 0.261. The highest BCUT2D eigenvalue weighted by atomic mass is 16.5. The SMILES string of the molecule is CC(C)Oc1ccccc1CNCc1ccc(Cn2ccccc2=O)cc1. The summed E-state index contributed by atoms with van der Waals surface area (Å²) in [6, 6.07) is 21.7. The topological polar surface area (TPSA) is 43.3 Å². The number of hydrogen-bond acceptors (Lipinski definition) is 3. The lowest BCUT2D eigenvalue weighted by Crippen LogP contribution is -2.18. The third kappa shape index (κ3) is 5.56. The fourth-order valence-electron chi connectivity index (χ4n) is 2.91. The summed E-state index contributed by atoms with van der Waals surface area (Å²) in [4.78, 5) is 11.8. The van der Waals surface area contributed by atoms with Crippen LogP contribution in [0, 0.1) is 0 Å². The molecule has 1 aromatic heterocycles. The van der Waals surface area contributed by atoms with Crippen molar-refractivity contribution >= 4 is 0 Å². The molecule has 140 valence electrons. The second-order valence-electron chi connectivity index (χ2n) is 6.86. The predicted octanol–water partition coefficient (Wildman–Crippen LogP) is 3.97. The Morgan fingerprint density at radius 3 is 2.33 bits per heavy atom. The molecule has 0 spiro atoms. The molecular weight excluding hydrogens is 336 g/mol. The Morgan fingerprint density at radius 2 is 1.59 bits per heavy atom. The first-order valence-corrected chi connectivity index (χ1v) is 9.30. The molecule has 1 N–H and O–H groups in total. The van der Waals surface area contributed by atoms with Crippen LogP contribution in [0.1, 0.15) is 30.5 Å². The molecule has 27 heavy (non-hydrogen) atoms. The molecule has 0 aliphatic carbocycles. The zero-order valence-electron chi connectivity index (χ0n) is 15.9. The van der Waals surface area contributed by atoms with Gasteiger partial charge in [-0.05, 0) is 37.1 Å². The summed E-state index contributed by atoms with van der Waals surface area (Å²) in [5.41, 5.74) is 3.50. The molecule has 2 aromatic carbocycles. The molecule has 0 aliphatic rings. The lowest BCUT2D eigenvalue weighted by atomic mass is 10.1. The summed E-state index contributed by atoms with van der Waals surface area (Å²) < 4.78 is 7.57. The van der Waals surface area contributed by atoms with E-state index in [9.17, 15) is 4.79 Å². The number of hydrogen-bond donors (Lipinski definition) is 1. The van der Waals surface area contributed by atoms with E-state index in [4.69, 9.17) is 4.74 Å². The third-order valence-corrected chi connectivity index (χ3v) is 4.25. The number of rotatable bonds is 8. The predicted molar refractivity (Wildman–Crippen MR) is 109 cm³/mol. The van der Waals surface area contributed by atoms with Gasteiger partial charge in [-0.15, -0.1) is 0 Å². The number of aromatic nitrogens is 1. The van der Waals surface area contributed by atoms with E-state index < -0.39 is 0 Å². The van der Waals surface area contributed by atoms with E-state index in [0.29, 0.717) is 6.54 Å². The van der Waals surface area contributed by atoms with Gasteiger partial charge in [0, 0.05) is 30.9 Å². The quantitative estimate of drug-likeness (QED) is 0.659. The molecule has 0 radical (unpaired) electrons. The Labute approximate surface area is 160 Å². The van der Waals surface area contributed by atoms with Crippen LogP contribution in [0.4, 0.5) is 0 Å². The molecular formula is C23H26N2O2. The average Bonchev–Trinajstić information content (AvgIpc) is 2.66. The Kier molecular flexibility index (Phi) is 6.44. The van der Waals surface area contributed by atoms with Gasteiger partial charge in [-0.2, -0.15) is 0 Å². The van der Waals surface area contributed by atoms with E-state index >= 15 is 0 Å². The van der Waals surface area contributed by atoms with E-state index in [1.54, 1.807) is 16.7 Å². The number of ether oxygens (including phenoxy) is 1. The molecule has 3 aromatic rings. The van der Waals surface area contributed by atoms with Crippen molar-refractivity contribution in [2.75, 3.05) is 0 Å². The van der Waals surface area contributed by atoms with Gasteiger partial charge in [0.25, 0.3) is 5.56 Å². The monoisotopic (exact) mass is 362 g/mol. The van der Waals surface area contributed by atoms with E-state index in [0.717, 1.165) is 30.0 Å². The van der Waals surface area contributed by atoms with E-state index in [2.05, 4.69) is 35.6 Å². The van der Waals surface area contributed by atoms with Crippen molar-refractivity contribution < 1.29 is 4.74 Å². The summed E-state index contributed by atoms with van der Waals surface area (Å²) in [5.74, 6) is 0.934. The molecule has 0 fully saturated rings. The molecule has 1 heterocycles. The summed E-state index contributed by atoms with van der Waals surface area (Å²) in [7, 11) is 0. The van der Waals surface area contributed by atoms with Crippen LogP contribution < -0.4 is 15.6 Å². The first kappa shape index (κ1) is 18.9. The van der Waals surface area contributed by atoms with Crippen LogP contribution in [0.25, 0.3) is 0 Å². The average molecular weight is 362 g/mol. The maximum atomic E-state index is 11.8. The maximum Gasteiger partial charge on any atom is 0.250 e. The van der Waals surface area contributed by atoms with Crippen LogP contribution in [-0.2, 0) is 19.6 Å². The molecule has 0 unspecified atom stereocenters. The molecule has 3 rings (SSSR count). The minimum atomic E-state index is 0.0190. The van der Waals surface area contributed by atoms with Gasteiger partial charge in [0.15, 0.2) is 0 Å². The van der Waals surface area contributed by atoms with E-state index in [1.165, 1.54) is 5.56 Å². The van der Waals surface area contributed by atoms with Crippen molar-refractivity contribution in [3.8, 4) is 5.75 Å². The first-order chi connectivity index (χ1) is 13.1. The molecule has 0 atom stereocenters. The van der Waals surface area contributed by atoms with Crippen LogP contribution in [0.15, 0.2) is 77.7 Å². The van der Waals surface area contributed by atoms with Crippen LogP contribution >= 0.6 is 0 Å². The van der Waals surface area contributed by atoms with Crippen LogP contribution in [0.5, 0.6) is 5.75 Å². The number of nitrogens with one attached hydrogen (secondary N) is 1. The highest BCUT2D eigenvalue weighted by Gasteiger charge is 2.05. The third-order valence-electron chi connectivity index (χ3n) is 4.25. The minimum Gasteiger partial charge on any atom is -0.491 e. The highest BCUT2D eigenvalue weighted by molar-refractivity contribution is 5.33. The first-order valence-electron chi connectivity index (χ1n) is 9.30. The van der Waals surface area contributed by atoms with Crippen LogP contribution in [0.2, 0.25) is 0 Å². The summed E-state index contributed by atoms with van der Waals surface area (Å²) in [6.45, 7) is 6.20. The number of benzene rings is 2. The van der Waals surface area contributed by atoms with Gasteiger partial charge < -0.3 is 14.6 Å². The van der Waals surface area contributed by atoms with Gasteiger partial charge in [0.1, 0.15) is 5.75 Å². The zero-order valence-corrected chi connectivity index (χ0v) is 15.9. The van der Waals surface area contributed by atoms with Gasteiger partial charge in [-0.25, -0.2) is 0 Å². The lowest BCUT2D eigenvalue weighted by molar-refractivity contribution is 0.239. The van der Waals surface area contributed by atoms with Crippen molar-refractivity contribution in [1.29, 1.82) is 0 Å². The molecule has 0 aliphatic heterocycles. The second kappa shape index (κ2) is 9.19. The van der Waals surface area contributed by atoms with E-state index in [1.807, 2.05) is 44.3 Å². The van der Waals surface area contributed by atoms with Crippen molar-refractivity contribution in [2.24, 2.45) is 0 Å². The van der Waals surface area contributed by atoms with Gasteiger partial charge in [-0.3, -0.25) is 4.79 Å². The van der Waals surface area contributed by atoms with Crippen molar-refractivity contribution in [1.82, 2.24) is 9.88 Å². The summed E-state index contributed by atoms with van der Waals surface area (Å²) in [5, 5.41) is 3.47. The molecule has 0 saturated heterocycles. The van der Waals surface area contributed by atoms with Crippen molar-refractivity contribution in [3.63, 3.8) is 0 Å². The van der Waals surface area contributed by atoms with Gasteiger partial charge in [0.05, 0.1) is 12.6 Å². The largest absolute Gasteiger partial charge is 0.491 e. The number of pyridine rings is 1. The van der Waals surface area contributed by atoms with Crippen LogP contribution in [0.3, 0.4) is 0 Å².